The number of ether oxygens (including phenoxy) is 4. The number of benzene rings is 4. The van der Waals surface area contributed by atoms with Crippen molar-refractivity contribution in [3.8, 4) is 45.3 Å². The Morgan fingerprint density at radius 1 is 0.704 bits per heavy atom. The van der Waals surface area contributed by atoms with E-state index in [1.54, 1.807) is 35.5 Å². The Morgan fingerprint density at radius 3 is 1.77 bits per heavy atom. The van der Waals surface area contributed by atoms with Gasteiger partial charge in [0.05, 0.1) is 65.1 Å². The van der Waals surface area contributed by atoms with E-state index in [1.807, 2.05) is 36.4 Å². The fourth-order valence-electron chi connectivity index (χ4n) is 8.73. The Kier molecular flexibility index (Phi) is 16.4. The second-order valence-electron chi connectivity index (χ2n) is 17.1. The summed E-state index contributed by atoms with van der Waals surface area (Å²) in [6, 6.07) is 14.3. The number of amides is 3. The SMILES string of the molecule is COc1cc(OC)c(Cl)c(-c2ccc3nc(N[C@H]4C[C@@H](CNC(C)=O)N(C(=O)/C=C/CCOc5cc(OC)c(Cl)c(-c6ccc7nc(N[C@@H]8CN[C@H](CNC(C)=O)C8)ncc7c6)c5Cl)C4)ncc3c2)c1Cl. The number of fused-ring (bicyclic) bond motifs is 2. The molecule has 0 bridgehead atoms. The Balaban J connectivity index is 0.895. The minimum atomic E-state index is -0.285. The first-order chi connectivity index (χ1) is 34.2. The zero-order valence-electron chi connectivity index (χ0n) is 39.5. The molecule has 5 N–H and O–H groups in total. The van der Waals surface area contributed by atoms with Gasteiger partial charge in [0.25, 0.3) is 0 Å². The van der Waals surface area contributed by atoms with Gasteiger partial charge in [0, 0.05) is 105 Å². The number of rotatable bonds is 18. The molecular weight excluding hydrogens is 994 g/mol. The number of aromatic nitrogens is 4. The van der Waals surface area contributed by atoms with Crippen LogP contribution in [0.4, 0.5) is 11.9 Å². The first-order valence-corrected chi connectivity index (χ1v) is 24.3. The lowest BCUT2D eigenvalue weighted by atomic mass is 10.0. The van der Waals surface area contributed by atoms with Crippen LogP contribution in [0.1, 0.15) is 33.1 Å². The largest absolute Gasteiger partial charge is 0.495 e. The number of carbonyl (C=O) groups is 3. The van der Waals surface area contributed by atoms with Gasteiger partial charge in [-0.15, -0.1) is 0 Å². The molecule has 17 nitrogen and oxygen atoms in total. The molecule has 0 aliphatic carbocycles. The molecule has 8 rings (SSSR count). The number of likely N-dealkylation sites (tertiary alicyclic amines) is 1. The summed E-state index contributed by atoms with van der Waals surface area (Å²) in [6.45, 7) is 5.05. The van der Waals surface area contributed by atoms with E-state index in [4.69, 9.17) is 75.3 Å². The molecule has 21 heteroatoms. The van der Waals surface area contributed by atoms with E-state index in [-0.39, 0.29) is 60.1 Å². The molecule has 2 aliphatic rings. The van der Waals surface area contributed by atoms with E-state index >= 15 is 0 Å². The van der Waals surface area contributed by atoms with E-state index in [0.29, 0.717) is 98.1 Å². The molecule has 2 aliphatic heterocycles. The minimum absolute atomic E-state index is 0.0579. The summed E-state index contributed by atoms with van der Waals surface area (Å²) in [5, 5.41) is 18.7. The van der Waals surface area contributed by atoms with Crippen molar-refractivity contribution in [2.45, 2.75) is 57.3 Å². The molecule has 0 radical (unpaired) electrons. The molecule has 2 fully saturated rings. The molecule has 0 saturated carbocycles. The van der Waals surface area contributed by atoms with Crippen molar-refractivity contribution in [2.24, 2.45) is 0 Å². The number of hydrogen-bond acceptors (Lipinski definition) is 14. The molecule has 3 amide bonds. The summed E-state index contributed by atoms with van der Waals surface area (Å²) in [5.41, 5.74) is 3.92. The Labute approximate surface area is 430 Å². The molecule has 6 aromatic rings. The molecule has 4 aromatic carbocycles. The summed E-state index contributed by atoms with van der Waals surface area (Å²) in [4.78, 5) is 57.3. The smallest absolute Gasteiger partial charge is 0.246 e. The second-order valence-corrected chi connectivity index (χ2v) is 18.6. The van der Waals surface area contributed by atoms with Gasteiger partial charge in [-0.1, -0.05) is 64.6 Å². The van der Waals surface area contributed by atoms with Crippen molar-refractivity contribution in [1.82, 2.24) is 40.8 Å². The maximum atomic E-state index is 13.7. The third-order valence-electron chi connectivity index (χ3n) is 12.2. The van der Waals surface area contributed by atoms with E-state index in [9.17, 15) is 14.4 Å². The van der Waals surface area contributed by atoms with Crippen molar-refractivity contribution in [3.05, 3.63) is 93.2 Å². The summed E-state index contributed by atoms with van der Waals surface area (Å²) in [5.74, 6) is 1.99. The Morgan fingerprint density at radius 2 is 1.23 bits per heavy atom. The van der Waals surface area contributed by atoms with Crippen LogP contribution in [-0.2, 0) is 14.4 Å². The third kappa shape index (κ3) is 11.9. The van der Waals surface area contributed by atoms with E-state index < -0.39 is 0 Å². The average molecular weight is 1050 g/mol. The van der Waals surface area contributed by atoms with Crippen molar-refractivity contribution in [2.75, 3.05) is 64.7 Å². The zero-order chi connectivity index (χ0) is 50.3. The summed E-state index contributed by atoms with van der Waals surface area (Å²) in [7, 11) is 4.56. The van der Waals surface area contributed by atoms with Gasteiger partial charge in [0.1, 0.15) is 23.0 Å². The maximum absolute atomic E-state index is 13.7. The predicted octanol–water partition coefficient (Wildman–Crippen LogP) is 8.37. The lowest BCUT2D eigenvalue weighted by molar-refractivity contribution is -0.127. The van der Waals surface area contributed by atoms with Crippen LogP contribution in [0, 0.1) is 0 Å². The first-order valence-electron chi connectivity index (χ1n) is 22.8. The van der Waals surface area contributed by atoms with Crippen molar-refractivity contribution in [1.29, 1.82) is 0 Å². The van der Waals surface area contributed by atoms with Crippen LogP contribution in [0.2, 0.25) is 20.1 Å². The lowest BCUT2D eigenvalue weighted by Gasteiger charge is -2.23. The normalized spacial score (nSPS) is 17.7. The van der Waals surface area contributed by atoms with Crippen molar-refractivity contribution in [3.63, 3.8) is 0 Å². The van der Waals surface area contributed by atoms with E-state index in [2.05, 4.69) is 36.6 Å². The van der Waals surface area contributed by atoms with E-state index in [1.165, 1.54) is 41.3 Å². The number of methoxy groups -OCH3 is 3. The molecule has 4 atom stereocenters. The third-order valence-corrected chi connectivity index (χ3v) is 13.7. The van der Waals surface area contributed by atoms with E-state index in [0.717, 1.165) is 34.8 Å². The van der Waals surface area contributed by atoms with Crippen LogP contribution in [0.15, 0.2) is 73.1 Å². The number of halogens is 4. The number of nitrogens with one attached hydrogen (secondary N) is 5. The van der Waals surface area contributed by atoms with Gasteiger partial charge in [-0.05, 0) is 60.7 Å². The highest BCUT2D eigenvalue weighted by Gasteiger charge is 2.35. The Hall–Kier alpha value is -6.37. The fourth-order valence-corrected chi connectivity index (χ4v) is 10.1. The zero-order valence-corrected chi connectivity index (χ0v) is 42.5. The first kappa shape index (κ1) is 51.0. The minimum Gasteiger partial charge on any atom is -0.495 e. The second kappa shape index (κ2) is 22.8. The molecule has 372 valence electrons. The molecule has 0 spiro atoms. The number of carbonyl (C=O) groups excluding carboxylic acids is 3. The Bertz CT molecular complexity index is 2990. The molecule has 2 aromatic heterocycles. The van der Waals surface area contributed by atoms with Crippen molar-refractivity contribution < 1.29 is 33.3 Å². The highest BCUT2D eigenvalue weighted by Crippen LogP contribution is 2.48. The van der Waals surface area contributed by atoms with Gasteiger partial charge < -0.3 is 50.4 Å². The maximum Gasteiger partial charge on any atom is 0.246 e. The fraction of sp³-hybridized carbons (Fsp3) is 0.340. The summed E-state index contributed by atoms with van der Waals surface area (Å²) in [6.07, 6.45) is 8.43. The van der Waals surface area contributed by atoms with Crippen LogP contribution in [0.25, 0.3) is 44.1 Å². The average Bonchev–Trinajstić information content (AvgIpc) is 3.99. The quantitative estimate of drug-likeness (QED) is 0.0406. The van der Waals surface area contributed by atoms with Gasteiger partial charge in [0.15, 0.2) is 0 Å². The lowest BCUT2D eigenvalue weighted by Crippen LogP contribution is -2.42. The van der Waals surface area contributed by atoms with Gasteiger partial charge in [-0.2, -0.15) is 0 Å². The predicted molar refractivity (Wildman–Crippen MR) is 278 cm³/mol. The van der Waals surface area contributed by atoms with Crippen LogP contribution in [0.5, 0.6) is 23.0 Å². The molecule has 71 heavy (non-hydrogen) atoms. The molecule has 0 unspecified atom stereocenters. The number of nitrogens with zero attached hydrogens (tertiary/aromatic N) is 5. The topological polar surface area (TPSA) is 203 Å². The van der Waals surface area contributed by atoms with Gasteiger partial charge in [-0.3, -0.25) is 14.4 Å². The summed E-state index contributed by atoms with van der Waals surface area (Å²) >= 11 is 27.3. The monoisotopic (exact) mass is 1040 g/mol. The molecule has 2 saturated heterocycles. The van der Waals surface area contributed by atoms with Crippen LogP contribution >= 0.6 is 46.4 Å². The van der Waals surface area contributed by atoms with Crippen LogP contribution < -0.4 is 45.5 Å². The highest BCUT2D eigenvalue weighted by atomic mass is 35.5. The summed E-state index contributed by atoms with van der Waals surface area (Å²) < 4.78 is 22.7. The standard InChI is InChI=1S/C50H52Cl4N10O7/c1-26(65)55-22-32-16-33(23-57-32)60-49-58-20-31-15-29(10-12-36(31)62-49)44-47(53)40(70-5)19-41(48(44)54)71-13-7-6-8-42(67)64-25-34(17-35(64)24-56-27(2)66)61-50-59-21-30-14-28(9-11-37(30)63-50)43-45(51)38(68-3)18-39(69-4)46(43)52/h6,8-12,14-15,18-21,32-35,57H,7,13,16-17,22-25H2,1-5H3,(H,55,65)(H,56,66)(H,58,60,62)(H,59,61,63)/b8-6+/t32-,33-,34-,35-/m0/s1. The molecular formula is C50H52Cl4N10O7. The van der Waals surface area contributed by atoms with Gasteiger partial charge in [-0.25, -0.2) is 19.9 Å². The molecule has 4 heterocycles. The highest BCUT2D eigenvalue weighted by molar-refractivity contribution is 6.42. The van der Waals surface area contributed by atoms with Gasteiger partial charge in [0.2, 0.25) is 29.6 Å². The van der Waals surface area contributed by atoms with Crippen molar-refractivity contribution >= 4 is 97.8 Å². The van der Waals surface area contributed by atoms with Crippen LogP contribution in [-0.4, -0.2) is 121 Å². The van der Waals surface area contributed by atoms with Crippen LogP contribution in [0.3, 0.4) is 0 Å². The number of anilines is 2. The number of hydrogen-bond donors (Lipinski definition) is 5. The van der Waals surface area contributed by atoms with Gasteiger partial charge >= 0.3 is 0 Å².